The molecule has 2 aliphatic rings. The molecule has 3 atom stereocenters. The Bertz CT molecular complexity index is 806. The topological polar surface area (TPSA) is 83.6 Å². The summed E-state index contributed by atoms with van der Waals surface area (Å²) < 4.78 is 23.4. The Hall–Kier alpha value is -1.89. The number of nitrogens with zero attached hydrogens (tertiary/aromatic N) is 1. The molecule has 3 rings (SSSR count). The van der Waals surface area contributed by atoms with E-state index in [9.17, 15) is 18.0 Å². The SMILES string of the molecule is CCN(C(=O)C1CC1C(=O)NCc1ccccc1C)C1CCS(=O)(=O)C1. The largest absolute Gasteiger partial charge is 0.352 e. The molecular formula is C19H26N2O4S. The molecule has 3 unspecified atom stereocenters. The van der Waals surface area contributed by atoms with E-state index >= 15 is 0 Å². The Morgan fingerprint density at radius 3 is 2.58 bits per heavy atom. The van der Waals surface area contributed by atoms with Gasteiger partial charge < -0.3 is 10.2 Å². The van der Waals surface area contributed by atoms with Gasteiger partial charge in [0, 0.05) is 19.1 Å². The zero-order valence-corrected chi connectivity index (χ0v) is 16.1. The van der Waals surface area contributed by atoms with Gasteiger partial charge in [-0.2, -0.15) is 0 Å². The lowest BCUT2D eigenvalue weighted by molar-refractivity contribution is -0.136. The molecule has 2 fully saturated rings. The summed E-state index contributed by atoms with van der Waals surface area (Å²) in [6, 6.07) is 7.63. The lowest BCUT2D eigenvalue weighted by Gasteiger charge is -2.27. The fourth-order valence-electron chi connectivity index (χ4n) is 3.71. The number of hydrogen-bond donors (Lipinski definition) is 1. The summed E-state index contributed by atoms with van der Waals surface area (Å²) in [5.74, 6) is -0.586. The van der Waals surface area contributed by atoms with E-state index in [4.69, 9.17) is 0 Å². The molecule has 0 spiro atoms. The molecule has 2 amide bonds. The summed E-state index contributed by atoms with van der Waals surface area (Å²) in [7, 11) is -3.04. The van der Waals surface area contributed by atoms with E-state index in [1.807, 2.05) is 38.1 Å². The maximum absolute atomic E-state index is 12.7. The van der Waals surface area contributed by atoms with Gasteiger partial charge in [0.25, 0.3) is 0 Å². The van der Waals surface area contributed by atoms with Crippen LogP contribution in [0.5, 0.6) is 0 Å². The lowest BCUT2D eigenvalue weighted by atomic mass is 10.1. The third-order valence-electron chi connectivity index (χ3n) is 5.43. The second-order valence-electron chi connectivity index (χ2n) is 7.27. The van der Waals surface area contributed by atoms with Crippen molar-refractivity contribution < 1.29 is 18.0 Å². The Kier molecular flexibility index (Phi) is 5.37. The third kappa shape index (κ3) is 4.09. The second-order valence-corrected chi connectivity index (χ2v) is 9.50. The number of benzene rings is 1. The number of carbonyl (C=O) groups is 2. The number of sulfone groups is 1. The summed E-state index contributed by atoms with van der Waals surface area (Å²) in [4.78, 5) is 26.7. The third-order valence-corrected chi connectivity index (χ3v) is 7.18. The minimum absolute atomic E-state index is 0.0451. The van der Waals surface area contributed by atoms with Crippen LogP contribution in [0.25, 0.3) is 0 Å². The van der Waals surface area contributed by atoms with Crippen LogP contribution in [0.4, 0.5) is 0 Å². The molecule has 1 aromatic carbocycles. The van der Waals surface area contributed by atoms with Crippen LogP contribution < -0.4 is 5.32 Å². The Morgan fingerprint density at radius 2 is 1.96 bits per heavy atom. The quantitative estimate of drug-likeness (QED) is 0.808. The van der Waals surface area contributed by atoms with E-state index in [0.717, 1.165) is 11.1 Å². The average molecular weight is 378 g/mol. The fraction of sp³-hybridized carbons (Fsp3) is 0.579. The molecule has 1 saturated carbocycles. The van der Waals surface area contributed by atoms with Crippen molar-refractivity contribution in [3.8, 4) is 0 Å². The molecule has 0 aromatic heterocycles. The minimum atomic E-state index is -3.04. The van der Waals surface area contributed by atoms with Crippen LogP contribution in [0.15, 0.2) is 24.3 Å². The number of amides is 2. The first-order valence-electron chi connectivity index (χ1n) is 9.15. The van der Waals surface area contributed by atoms with E-state index < -0.39 is 9.84 Å². The molecule has 1 saturated heterocycles. The summed E-state index contributed by atoms with van der Waals surface area (Å²) in [6.45, 7) is 4.80. The lowest BCUT2D eigenvalue weighted by Crippen LogP contribution is -2.42. The van der Waals surface area contributed by atoms with Gasteiger partial charge in [0.15, 0.2) is 9.84 Å². The first-order chi connectivity index (χ1) is 12.3. The van der Waals surface area contributed by atoms with Crippen molar-refractivity contribution >= 4 is 21.7 Å². The van der Waals surface area contributed by atoms with Crippen molar-refractivity contribution in [3.63, 3.8) is 0 Å². The van der Waals surface area contributed by atoms with E-state index in [0.29, 0.717) is 25.9 Å². The van der Waals surface area contributed by atoms with Gasteiger partial charge in [0.1, 0.15) is 0 Å². The summed E-state index contributed by atoms with van der Waals surface area (Å²) in [5, 5.41) is 2.92. The zero-order chi connectivity index (χ0) is 18.9. The van der Waals surface area contributed by atoms with Gasteiger partial charge in [0.2, 0.25) is 11.8 Å². The first-order valence-corrected chi connectivity index (χ1v) is 11.0. The molecule has 0 bridgehead atoms. The molecule has 1 N–H and O–H groups in total. The van der Waals surface area contributed by atoms with Gasteiger partial charge in [-0.05, 0) is 37.8 Å². The van der Waals surface area contributed by atoms with Crippen LogP contribution in [-0.4, -0.2) is 49.2 Å². The minimum Gasteiger partial charge on any atom is -0.352 e. The molecule has 1 aromatic rings. The molecule has 7 heteroatoms. The summed E-state index contributed by atoms with van der Waals surface area (Å²) in [5.41, 5.74) is 2.19. The van der Waals surface area contributed by atoms with Crippen molar-refractivity contribution in [1.29, 1.82) is 0 Å². The molecule has 142 valence electrons. The molecule has 1 aliphatic carbocycles. The number of carbonyl (C=O) groups excluding carboxylic acids is 2. The molecule has 0 radical (unpaired) electrons. The van der Waals surface area contributed by atoms with E-state index in [-0.39, 0.29) is 41.2 Å². The Balaban J connectivity index is 1.54. The van der Waals surface area contributed by atoms with Gasteiger partial charge in [-0.15, -0.1) is 0 Å². The van der Waals surface area contributed by atoms with Crippen LogP contribution in [-0.2, 0) is 26.0 Å². The normalized spacial score (nSPS) is 26.3. The molecule has 1 heterocycles. The highest BCUT2D eigenvalue weighted by Gasteiger charge is 2.50. The predicted molar refractivity (Wildman–Crippen MR) is 99.1 cm³/mol. The maximum atomic E-state index is 12.7. The molecule has 6 nitrogen and oxygen atoms in total. The van der Waals surface area contributed by atoms with Crippen LogP contribution in [0.3, 0.4) is 0 Å². The van der Waals surface area contributed by atoms with Crippen LogP contribution in [0.2, 0.25) is 0 Å². The monoisotopic (exact) mass is 378 g/mol. The first kappa shape index (κ1) is 18.9. The van der Waals surface area contributed by atoms with Crippen molar-refractivity contribution in [3.05, 3.63) is 35.4 Å². The van der Waals surface area contributed by atoms with Crippen molar-refractivity contribution in [2.75, 3.05) is 18.1 Å². The molecular weight excluding hydrogens is 352 g/mol. The highest BCUT2D eigenvalue weighted by Crippen LogP contribution is 2.41. The van der Waals surface area contributed by atoms with Crippen molar-refractivity contribution in [2.24, 2.45) is 11.8 Å². The summed E-state index contributed by atoms with van der Waals surface area (Å²) in [6.07, 6.45) is 1.05. The Labute approximate surface area is 154 Å². The van der Waals surface area contributed by atoms with Gasteiger partial charge >= 0.3 is 0 Å². The van der Waals surface area contributed by atoms with Crippen LogP contribution in [0.1, 0.15) is 30.9 Å². The zero-order valence-electron chi connectivity index (χ0n) is 15.3. The number of nitrogens with one attached hydrogen (secondary N) is 1. The van der Waals surface area contributed by atoms with Crippen molar-refractivity contribution in [1.82, 2.24) is 10.2 Å². The highest BCUT2D eigenvalue weighted by atomic mass is 32.2. The van der Waals surface area contributed by atoms with E-state index in [2.05, 4.69) is 5.32 Å². The van der Waals surface area contributed by atoms with Gasteiger partial charge in [-0.25, -0.2) is 8.42 Å². The highest BCUT2D eigenvalue weighted by molar-refractivity contribution is 7.91. The second kappa shape index (κ2) is 7.39. The van der Waals surface area contributed by atoms with Gasteiger partial charge in [-0.3, -0.25) is 9.59 Å². The molecule has 1 aliphatic heterocycles. The van der Waals surface area contributed by atoms with Gasteiger partial charge in [-0.1, -0.05) is 24.3 Å². The van der Waals surface area contributed by atoms with E-state index in [1.165, 1.54) is 0 Å². The van der Waals surface area contributed by atoms with Gasteiger partial charge in [0.05, 0.1) is 23.3 Å². The average Bonchev–Trinajstić information content (AvgIpc) is 3.32. The van der Waals surface area contributed by atoms with E-state index in [1.54, 1.807) is 4.90 Å². The van der Waals surface area contributed by atoms with Crippen LogP contribution >= 0.6 is 0 Å². The molecule has 26 heavy (non-hydrogen) atoms. The standard InChI is InChI=1S/C19H26N2O4S/c1-3-21(15-8-9-26(24,25)12-15)19(23)17-10-16(17)18(22)20-11-14-7-5-4-6-13(14)2/h4-7,15-17H,3,8-12H2,1-2H3,(H,20,22). The fourth-order valence-corrected chi connectivity index (χ4v) is 5.44. The van der Waals surface area contributed by atoms with Crippen molar-refractivity contribution in [2.45, 2.75) is 39.3 Å². The number of aryl methyl sites for hydroxylation is 1. The number of rotatable bonds is 6. The maximum Gasteiger partial charge on any atom is 0.226 e. The Morgan fingerprint density at radius 1 is 1.23 bits per heavy atom. The summed E-state index contributed by atoms with van der Waals surface area (Å²) >= 11 is 0. The predicted octanol–water partition coefficient (Wildman–Crippen LogP) is 1.28. The number of hydrogen-bond acceptors (Lipinski definition) is 4. The van der Waals surface area contributed by atoms with Crippen LogP contribution in [0, 0.1) is 18.8 Å². The smallest absolute Gasteiger partial charge is 0.226 e.